The molecule has 100 valence electrons. The lowest BCUT2D eigenvalue weighted by atomic mass is 9.96. The molecule has 1 rings (SSSR count). The van der Waals surface area contributed by atoms with Gasteiger partial charge in [-0.2, -0.15) is 5.26 Å². The lowest BCUT2D eigenvalue weighted by Gasteiger charge is -2.15. The number of halogens is 1. The van der Waals surface area contributed by atoms with Gasteiger partial charge in [-0.3, -0.25) is 14.9 Å². The first-order chi connectivity index (χ1) is 8.75. The minimum atomic E-state index is -0.708. The van der Waals surface area contributed by atoms with Crippen LogP contribution in [-0.2, 0) is 0 Å². The van der Waals surface area contributed by atoms with E-state index in [1.165, 1.54) is 6.07 Å². The van der Waals surface area contributed by atoms with Crippen molar-refractivity contribution in [2.75, 3.05) is 6.54 Å². The predicted molar refractivity (Wildman–Crippen MR) is 69.8 cm³/mol. The quantitative estimate of drug-likeness (QED) is 0.677. The van der Waals surface area contributed by atoms with Crippen molar-refractivity contribution in [1.29, 1.82) is 5.26 Å². The van der Waals surface area contributed by atoms with Crippen LogP contribution in [0.25, 0.3) is 0 Å². The standard InChI is InChI=1S/C12H12ClN3O3/c1-12(2,6-14)7-15-11(17)8-3-9(13)5-10(4-8)16(18)19/h3-5H,7H2,1-2H3,(H,15,17). The molecule has 0 aliphatic carbocycles. The second-order valence-electron chi connectivity index (χ2n) is 4.63. The van der Waals surface area contributed by atoms with Gasteiger partial charge < -0.3 is 5.32 Å². The molecule has 0 atom stereocenters. The van der Waals surface area contributed by atoms with Crippen LogP contribution in [0.2, 0.25) is 5.02 Å². The van der Waals surface area contributed by atoms with E-state index >= 15 is 0 Å². The summed E-state index contributed by atoms with van der Waals surface area (Å²) >= 11 is 5.72. The van der Waals surface area contributed by atoms with Crippen LogP contribution in [0, 0.1) is 26.9 Å². The van der Waals surface area contributed by atoms with E-state index in [1.807, 2.05) is 6.07 Å². The number of hydrogen-bond donors (Lipinski definition) is 1. The Kier molecular flexibility index (Phi) is 4.46. The number of nitrogens with one attached hydrogen (secondary N) is 1. The molecule has 0 fully saturated rings. The summed E-state index contributed by atoms with van der Waals surface area (Å²) in [5.74, 6) is -0.506. The number of nitriles is 1. The highest BCUT2D eigenvalue weighted by Crippen LogP contribution is 2.21. The Balaban J connectivity index is 2.89. The number of carbonyl (C=O) groups excluding carboxylic acids is 1. The molecule has 0 aliphatic heterocycles. The average molecular weight is 282 g/mol. The van der Waals surface area contributed by atoms with Crippen molar-refractivity contribution >= 4 is 23.2 Å². The van der Waals surface area contributed by atoms with Crippen molar-refractivity contribution in [2.24, 2.45) is 5.41 Å². The van der Waals surface area contributed by atoms with Gasteiger partial charge in [0.15, 0.2) is 0 Å². The fraction of sp³-hybridized carbons (Fsp3) is 0.333. The minimum Gasteiger partial charge on any atom is -0.350 e. The number of rotatable bonds is 4. The highest BCUT2D eigenvalue weighted by atomic mass is 35.5. The molecule has 7 heteroatoms. The molecule has 0 bridgehead atoms. The maximum Gasteiger partial charge on any atom is 0.271 e. The van der Waals surface area contributed by atoms with Crippen LogP contribution in [0.5, 0.6) is 0 Å². The minimum absolute atomic E-state index is 0.0907. The zero-order valence-corrected chi connectivity index (χ0v) is 11.2. The maximum absolute atomic E-state index is 11.8. The number of non-ortho nitro benzene ring substituents is 1. The topological polar surface area (TPSA) is 96.0 Å². The summed E-state index contributed by atoms with van der Waals surface area (Å²) in [5.41, 5.74) is -0.870. The van der Waals surface area contributed by atoms with Gasteiger partial charge in [-0.1, -0.05) is 11.6 Å². The lowest BCUT2D eigenvalue weighted by Crippen LogP contribution is -2.33. The fourth-order valence-corrected chi connectivity index (χ4v) is 1.48. The number of nitro groups is 1. The predicted octanol–water partition coefficient (Wildman–Crippen LogP) is 2.53. The number of benzene rings is 1. The SMILES string of the molecule is CC(C)(C#N)CNC(=O)c1cc(Cl)cc([N+](=O)[O-])c1. The third kappa shape index (κ3) is 4.23. The second-order valence-corrected chi connectivity index (χ2v) is 5.07. The lowest BCUT2D eigenvalue weighted by molar-refractivity contribution is -0.384. The monoisotopic (exact) mass is 281 g/mol. The summed E-state index contributed by atoms with van der Waals surface area (Å²) in [6, 6.07) is 5.68. The van der Waals surface area contributed by atoms with Gasteiger partial charge in [-0.25, -0.2) is 0 Å². The van der Waals surface area contributed by atoms with Crippen molar-refractivity contribution < 1.29 is 9.72 Å². The zero-order valence-electron chi connectivity index (χ0n) is 10.4. The average Bonchev–Trinajstić information content (AvgIpc) is 2.35. The summed E-state index contributed by atoms with van der Waals surface area (Å²) < 4.78 is 0. The number of carbonyl (C=O) groups is 1. The summed E-state index contributed by atoms with van der Waals surface area (Å²) in [7, 11) is 0. The fourth-order valence-electron chi connectivity index (χ4n) is 1.25. The normalized spacial score (nSPS) is 10.6. The van der Waals surface area contributed by atoms with Gasteiger partial charge >= 0.3 is 0 Å². The molecule has 6 nitrogen and oxygen atoms in total. The Labute approximate surface area is 115 Å². The molecular formula is C12H12ClN3O3. The van der Waals surface area contributed by atoms with Crippen molar-refractivity contribution in [3.63, 3.8) is 0 Å². The van der Waals surface area contributed by atoms with Crippen molar-refractivity contribution in [1.82, 2.24) is 5.32 Å². The van der Waals surface area contributed by atoms with Crippen LogP contribution in [0.4, 0.5) is 5.69 Å². The molecule has 0 spiro atoms. The van der Waals surface area contributed by atoms with Gasteiger partial charge in [0.1, 0.15) is 0 Å². The summed E-state index contributed by atoms with van der Waals surface area (Å²) in [6.45, 7) is 3.49. The van der Waals surface area contributed by atoms with E-state index in [9.17, 15) is 14.9 Å². The molecule has 0 saturated heterocycles. The van der Waals surface area contributed by atoms with E-state index in [2.05, 4.69) is 5.32 Å². The zero-order chi connectivity index (χ0) is 14.6. The van der Waals surface area contributed by atoms with Gasteiger partial charge in [-0.05, 0) is 19.9 Å². The molecule has 0 aromatic heterocycles. The largest absolute Gasteiger partial charge is 0.350 e. The molecule has 1 N–H and O–H groups in total. The van der Waals surface area contributed by atoms with Crippen molar-refractivity contribution in [3.8, 4) is 6.07 Å². The summed E-state index contributed by atoms with van der Waals surface area (Å²) in [5, 5.41) is 22.1. The van der Waals surface area contributed by atoms with Gasteiger partial charge in [0.25, 0.3) is 11.6 Å². The van der Waals surface area contributed by atoms with Crippen LogP contribution >= 0.6 is 11.6 Å². The Hall–Kier alpha value is -2.13. The Morgan fingerprint density at radius 1 is 1.53 bits per heavy atom. The third-order valence-corrected chi connectivity index (χ3v) is 2.57. The number of nitro benzene ring substituents is 1. The van der Waals surface area contributed by atoms with E-state index in [-0.39, 0.29) is 22.8 Å². The number of nitrogens with zero attached hydrogens (tertiary/aromatic N) is 2. The van der Waals surface area contributed by atoms with E-state index in [0.717, 1.165) is 12.1 Å². The molecule has 19 heavy (non-hydrogen) atoms. The van der Waals surface area contributed by atoms with Gasteiger partial charge in [0.05, 0.1) is 16.4 Å². The van der Waals surface area contributed by atoms with E-state index in [4.69, 9.17) is 16.9 Å². The summed E-state index contributed by atoms with van der Waals surface area (Å²) in [6.07, 6.45) is 0. The van der Waals surface area contributed by atoms with Gasteiger partial charge in [0.2, 0.25) is 0 Å². The molecule has 0 saturated carbocycles. The van der Waals surface area contributed by atoms with Crippen LogP contribution in [0.15, 0.2) is 18.2 Å². The maximum atomic E-state index is 11.8. The third-order valence-electron chi connectivity index (χ3n) is 2.35. The highest BCUT2D eigenvalue weighted by Gasteiger charge is 2.19. The first kappa shape index (κ1) is 14.9. The van der Waals surface area contributed by atoms with Gasteiger partial charge in [0, 0.05) is 29.3 Å². The van der Waals surface area contributed by atoms with Crippen molar-refractivity contribution in [3.05, 3.63) is 38.9 Å². The van der Waals surface area contributed by atoms with E-state index in [0.29, 0.717) is 0 Å². The van der Waals surface area contributed by atoms with Gasteiger partial charge in [-0.15, -0.1) is 0 Å². The van der Waals surface area contributed by atoms with Crippen LogP contribution in [0.3, 0.4) is 0 Å². The van der Waals surface area contributed by atoms with Crippen LogP contribution in [-0.4, -0.2) is 17.4 Å². The molecule has 0 radical (unpaired) electrons. The molecule has 1 aromatic rings. The molecule has 1 amide bonds. The molecule has 1 aromatic carbocycles. The van der Waals surface area contributed by atoms with Crippen molar-refractivity contribution in [2.45, 2.75) is 13.8 Å². The number of amides is 1. The Morgan fingerprint density at radius 2 is 2.16 bits per heavy atom. The Morgan fingerprint density at radius 3 is 2.68 bits per heavy atom. The molecule has 0 aliphatic rings. The van der Waals surface area contributed by atoms with Crippen LogP contribution < -0.4 is 5.32 Å². The first-order valence-electron chi connectivity index (χ1n) is 5.39. The first-order valence-corrected chi connectivity index (χ1v) is 5.77. The summed E-state index contributed by atoms with van der Waals surface area (Å²) in [4.78, 5) is 21.9. The molecule has 0 unspecified atom stereocenters. The number of hydrogen-bond acceptors (Lipinski definition) is 4. The Bertz CT molecular complexity index is 564. The molecule has 0 heterocycles. The van der Waals surface area contributed by atoms with E-state index in [1.54, 1.807) is 13.8 Å². The molecular weight excluding hydrogens is 270 g/mol. The second kappa shape index (κ2) is 5.67. The van der Waals surface area contributed by atoms with E-state index < -0.39 is 16.2 Å². The van der Waals surface area contributed by atoms with Crippen LogP contribution in [0.1, 0.15) is 24.2 Å². The highest BCUT2D eigenvalue weighted by molar-refractivity contribution is 6.31. The smallest absolute Gasteiger partial charge is 0.271 e.